The van der Waals surface area contributed by atoms with Crippen LogP contribution in [0.2, 0.25) is 0 Å². The van der Waals surface area contributed by atoms with Gasteiger partial charge in [-0.2, -0.15) is 4.99 Å². The van der Waals surface area contributed by atoms with Crippen LogP contribution in [0.25, 0.3) is 0 Å². The number of amides is 1. The maximum absolute atomic E-state index is 11.2. The molecule has 0 saturated heterocycles. The minimum atomic E-state index is -0.792. The van der Waals surface area contributed by atoms with Crippen LogP contribution in [0.3, 0.4) is 0 Å². The molecule has 0 aliphatic carbocycles. The summed E-state index contributed by atoms with van der Waals surface area (Å²) in [5.74, 6) is -0.256. The van der Waals surface area contributed by atoms with Crippen molar-refractivity contribution in [2.24, 2.45) is 10.7 Å². The third kappa shape index (κ3) is 1.57. The van der Waals surface area contributed by atoms with E-state index in [0.29, 0.717) is 6.42 Å². The molecule has 0 bridgehead atoms. The molecule has 1 aliphatic heterocycles. The second-order valence-corrected chi connectivity index (χ2v) is 3.19. The van der Waals surface area contributed by atoms with Crippen molar-refractivity contribution in [3.05, 3.63) is 0 Å². The van der Waals surface area contributed by atoms with Gasteiger partial charge in [0.05, 0.1) is 0 Å². The molecule has 1 atom stereocenters. The van der Waals surface area contributed by atoms with E-state index in [1.54, 1.807) is 6.92 Å². The standard InChI is InChI=1S/C8H14N2O2/c1-3-4-5-8(2)6(11)10-7(9)12-8/h3-5H2,1-2H3,(H2,9,10,11). The number of amidine groups is 1. The lowest BCUT2D eigenvalue weighted by Crippen LogP contribution is -2.34. The number of nitrogens with two attached hydrogens (primary N) is 1. The molecule has 0 radical (unpaired) electrons. The summed E-state index contributed by atoms with van der Waals surface area (Å²) in [6.45, 7) is 3.79. The normalized spacial score (nSPS) is 28.5. The van der Waals surface area contributed by atoms with Gasteiger partial charge < -0.3 is 10.5 Å². The van der Waals surface area contributed by atoms with Crippen LogP contribution >= 0.6 is 0 Å². The van der Waals surface area contributed by atoms with Crippen LogP contribution in [0, 0.1) is 0 Å². The highest BCUT2D eigenvalue weighted by molar-refractivity contribution is 6.00. The van der Waals surface area contributed by atoms with Gasteiger partial charge >= 0.3 is 0 Å². The molecule has 0 spiro atoms. The van der Waals surface area contributed by atoms with Gasteiger partial charge in [-0.05, 0) is 19.8 Å². The number of rotatable bonds is 3. The van der Waals surface area contributed by atoms with Gasteiger partial charge in [-0.25, -0.2) is 0 Å². The lowest BCUT2D eigenvalue weighted by molar-refractivity contribution is -0.130. The lowest BCUT2D eigenvalue weighted by Gasteiger charge is -2.19. The number of hydrogen-bond donors (Lipinski definition) is 1. The summed E-state index contributed by atoms with van der Waals surface area (Å²) in [7, 11) is 0. The van der Waals surface area contributed by atoms with E-state index in [1.807, 2.05) is 0 Å². The van der Waals surface area contributed by atoms with Crippen LogP contribution in [-0.4, -0.2) is 17.5 Å². The van der Waals surface area contributed by atoms with Crippen molar-refractivity contribution in [2.45, 2.75) is 38.7 Å². The number of hydrogen-bond acceptors (Lipinski definition) is 3. The number of ether oxygens (including phenoxy) is 1. The van der Waals surface area contributed by atoms with E-state index in [1.165, 1.54) is 0 Å². The fourth-order valence-electron chi connectivity index (χ4n) is 1.19. The van der Waals surface area contributed by atoms with E-state index in [-0.39, 0.29) is 11.9 Å². The fourth-order valence-corrected chi connectivity index (χ4v) is 1.19. The number of carbonyl (C=O) groups excluding carboxylic acids is 1. The summed E-state index contributed by atoms with van der Waals surface area (Å²) < 4.78 is 5.14. The smallest absolute Gasteiger partial charge is 0.294 e. The van der Waals surface area contributed by atoms with Crippen molar-refractivity contribution < 1.29 is 9.53 Å². The Balaban J connectivity index is 2.57. The van der Waals surface area contributed by atoms with E-state index >= 15 is 0 Å². The molecular weight excluding hydrogens is 156 g/mol. The van der Waals surface area contributed by atoms with Crippen molar-refractivity contribution in [1.82, 2.24) is 0 Å². The molecule has 1 rings (SSSR count). The van der Waals surface area contributed by atoms with Crippen LogP contribution in [0.4, 0.5) is 0 Å². The van der Waals surface area contributed by atoms with Crippen LogP contribution in [0.15, 0.2) is 4.99 Å². The number of carbonyl (C=O) groups is 1. The van der Waals surface area contributed by atoms with Crippen molar-refractivity contribution in [1.29, 1.82) is 0 Å². The highest BCUT2D eigenvalue weighted by Crippen LogP contribution is 2.24. The SMILES string of the molecule is CCCCC1(C)OC(N)=NC1=O. The maximum atomic E-state index is 11.2. The molecule has 12 heavy (non-hydrogen) atoms. The van der Waals surface area contributed by atoms with E-state index in [9.17, 15) is 4.79 Å². The third-order valence-electron chi connectivity index (χ3n) is 2.00. The molecule has 68 valence electrons. The van der Waals surface area contributed by atoms with Crippen molar-refractivity contribution in [3.63, 3.8) is 0 Å². The van der Waals surface area contributed by atoms with Crippen LogP contribution in [0.1, 0.15) is 33.1 Å². The van der Waals surface area contributed by atoms with Gasteiger partial charge in [-0.1, -0.05) is 13.3 Å². The summed E-state index contributed by atoms with van der Waals surface area (Å²) in [6.07, 6.45) is 2.67. The lowest BCUT2D eigenvalue weighted by atomic mass is 9.99. The summed E-state index contributed by atoms with van der Waals surface area (Å²) in [6, 6.07) is -0.00129. The quantitative estimate of drug-likeness (QED) is 0.681. The predicted molar refractivity (Wildman–Crippen MR) is 45.6 cm³/mol. The molecule has 0 aromatic heterocycles. The average Bonchev–Trinajstić information content (AvgIpc) is 2.23. The first-order valence-electron chi connectivity index (χ1n) is 4.16. The molecule has 0 aromatic rings. The Hall–Kier alpha value is -1.06. The zero-order valence-corrected chi connectivity index (χ0v) is 7.46. The minimum absolute atomic E-state index is 0.00129. The number of unbranched alkanes of at least 4 members (excludes halogenated alkanes) is 1. The van der Waals surface area contributed by atoms with Gasteiger partial charge in [-0.3, -0.25) is 4.79 Å². The van der Waals surface area contributed by atoms with Gasteiger partial charge in [0, 0.05) is 0 Å². The molecule has 1 amide bonds. The molecule has 0 aromatic carbocycles. The summed E-state index contributed by atoms with van der Waals surface area (Å²) in [5.41, 5.74) is 4.49. The van der Waals surface area contributed by atoms with E-state index in [2.05, 4.69) is 11.9 Å². The predicted octanol–water partition coefficient (Wildman–Crippen LogP) is 0.807. The first-order valence-corrected chi connectivity index (χ1v) is 4.16. The molecule has 1 unspecified atom stereocenters. The van der Waals surface area contributed by atoms with Crippen LogP contribution < -0.4 is 5.73 Å². The number of aliphatic imine (C=N–C) groups is 1. The Morgan fingerprint density at radius 1 is 1.67 bits per heavy atom. The first kappa shape index (κ1) is 9.03. The van der Waals surface area contributed by atoms with Gasteiger partial charge in [0.2, 0.25) is 0 Å². The zero-order valence-electron chi connectivity index (χ0n) is 7.46. The fraction of sp³-hybridized carbons (Fsp3) is 0.750. The Labute approximate surface area is 71.8 Å². The van der Waals surface area contributed by atoms with E-state index < -0.39 is 5.60 Å². The molecule has 2 N–H and O–H groups in total. The largest absolute Gasteiger partial charge is 0.449 e. The molecular formula is C8H14N2O2. The molecule has 4 heteroatoms. The number of nitrogens with zero attached hydrogens (tertiary/aromatic N) is 1. The van der Waals surface area contributed by atoms with Crippen LogP contribution in [0.5, 0.6) is 0 Å². The summed E-state index contributed by atoms with van der Waals surface area (Å²) >= 11 is 0. The van der Waals surface area contributed by atoms with Crippen molar-refractivity contribution in [3.8, 4) is 0 Å². The van der Waals surface area contributed by atoms with E-state index in [4.69, 9.17) is 10.5 Å². The second kappa shape index (κ2) is 3.13. The van der Waals surface area contributed by atoms with Crippen LogP contribution in [-0.2, 0) is 9.53 Å². The Bertz CT molecular complexity index is 225. The monoisotopic (exact) mass is 170 g/mol. The minimum Gasteiger partial charge on any atom is -0.449 e. The summed E-state index contributed by atoms with van der Waals surface area (Å²) in [5, 5.41) is 0. The van der Waals surface area contributed by atoms with Gasteiger partial charge in [0.1, 0.15) is 0 Å². The van der Waals surface area contributed by atoms with Gasteiger partial charge in [0.15, 0.2) is 5.60 Å². The highest BCUT2D eigenvalue weighted by atomic mass is 16.5. The second-order valence-electron chi connectivity index (χ2n) is 3.19. The third-order valence-corrected chi connectivity index (χ3v) is 2.00. The Kier molecular flexibility index (Phi) is 2.35. The zero-order chi connectivity index (χ0) is 9.19. The molecule has 4 nitrogen and oxygen atoms in total. The van der Waals surface area contributed by atoms with E-state index in [0.717, 1.165) is 12.8 Å². The highest BCUT2D eigenvalue weighted by Gasteiger charge is 2.40. The molecule has 1 aliphatic rings. The molecule has 1 heterocycles. The average molecular weight is 170 g/mol. The van der Waals surface area contributed by atoms with Gasteiger partial charge in [-0.15, -0.1) is 0 Å². The van der Waals surface area contributed by atoms with Crippen molar-refractivity contribution >= 4 is 11.9 Å². The summed E-state index contributed by atoms with van der Waals surface area (Å²) in [4.78, 5) is 14.7. The van der Waals surface area contributed by atoms with Gasteiger partial charge in [0.25, 0.3) is 11.9 Å². The maximum Gasteiger partial charge on any atom is 0.294 e. The van der Waals surface area contributed by atoms with Crippen molar-refractivity contribution in [2.75, 3.05) is 0 Å². The first-order chi connectivity index (χ1) is 5.58. The topological polar surface area (TPSA) is 64.7 Å². The Morgan fingerprint density at radius 2 is 2.33 bits per heavy atom. The Morgan fingerprint density at radius 3 is 2.75 bits per heavy atom. The molecule has 0 saturated carbocycles. The molecule has 0 fully saturated rings.